The average Bonchev–Trinajstić information content (AvgIpc) is 2.97. The van der Waals surface area contributed by atoms with Gasteiger partial charge in [0.25, 0.3) is 11.4 Å². The third-order valence-corrected chi connectivity index (χ3v) is 4.67. The van der Waals surface area contributed by atoms with Crippen LogP contribution in [0.15, 0.2) is 24.3 Å². The molecule has 1 atom stereocenters. The van der Waals surface area contributed by atoms with E-state index in [1.54, 1.807) is 0 Å². The van der Waals surface area contributed by atoms with Gasteiger partial charge in [0.15, 0.2) is 0 Å². The molecule has 0 aliphatic carbocycles. The van der Waals surface area contributed by atoms with Gasteiger partial charge in [-0.2, -0.15) is 13.2 Å². The Balaban J connectivity index is 2.34. The van der Waals surface area contributed by atoms with Gasteiger partial charge in [0.2, 0.25) is 0 Å². The van der Waals surface area contributed by atoms with Crippen LogP contribution in [0.4, 0.5) is 30.2 Å². The molecular formula is C15H9ClF3N3O5. The van der Waals surface area contributed by atoms with Crippen LogP contribution in [-0.4, -0.2) is 34.4 Å². The van der Waals surface area contributed by atoms with Gasteiger partial charge >= 0.3 is 12.1 Å². The number of non-ortho nitro benzene ring substituents is 2. The first-order chi connectivity index (χ1) is 12.6. The van der Waals surface area contributed by atoms with E-state index < -0.39 is 45.8 Å². The van der Waals surface area contributed by atoms with Crippen LogP contribution < -0.4 is 4.90 Å². The summed E-state index contributed by atoms with van der Waals surface area (Å²) in [6, 6.07) is 4.12. The summed E-state index contributed by atoms with van der Waals surface area (Å²) >= 11 is 5.84. The van der Waals surface area contributed by atoms with Crippen molar-refractivity contribution in [2.75, 3.05) is 17.3 Å². The average molecular weight is 404 g/mol. The van der Waals surface area contributed by atoms with E-state index in [0.717, 1.165) is 18.2 Å². The Morgan fingerprint density at radius 3 is 2.37 bits per heavy atom. The van der Waals surface area contributed by atoms with E-state index in [1.807, 2.05) is 0 Å². The number of amides is 1. The summed E-state index contributed by atoms with van der Waals surface area (Å²) in [5.41, 5.74) is -1.09. The van der Waals surface area contributed by atoms with Crippen LogP contribution in [0.2, 0.25) is 0 Å². The quantitative estimate of drug-likeness (QED) is 0.439. The predicted molar refractivity (Wildman–Crippen MR) is 89.1 cm³/mol. The molecule has 0 fully saturated rings. The Bertz CT molecular complexity index is 995. The van der Waals surface area contributed by atoms with Gasteiger partial charge in [0, 0.05) is 36.5 Å². The summed E-state index contributed by atoms with van der Waals surface area (Å²) in [5.74, 6) is -3.01. The van der Waals surface area contributed by atoms with E-state index in [-0.39, 0.29) is 27.9 Å². The summed E-state index contributed by atoms with van der Waals surface area (Å²) in [6.07, 6.45) is -5.17. The minimum absolute atomic E-state index is 0.107. The molecule has 2 aromatic carbocycles. The molecule has 0 radical (unpaired) electrons. The standard InChI is InChI=1S/C15H9ClF3N3O5/c16-5-7-6-20(14(23)15(17,18)19)12-4-11(22(26)27)10-3-8(21(24)25)1-2-9(10)13(7)12/h1-4,7H,5-6H2. The van der Waals surface area contributed by atoms with E-state index >= 15 is 0 Å². The second-order valence-corrected chi connectivity index (χ2v) is 6.15. The van der Waals surface area contributed by atoms with Crippen molar-refractivity contribution in [2.45, 2.75) is 12.1 Å². The molecule has 27 heavy (non-hydrogen) atoms. The highest BCUT2D eigenvalue weighted by Gasteiger charge is 2.47. The highest BCUT2D eigenvalue weighted by Crippen LogP contribution is 2.47. The lowest BCUT2D eigenvalue weighted by Crippen LogP contribution is -2.40. The Morgan fingerprint density at radius 2 is 1.85 bits per heavy atom. The van der Waals surface area contributed by atoms with Gasteiger partial charge in [-0.3, -0.25) is 25.0 Å². The van der Waals surface area contributed by atoms with Crippen molar-refractivity contribution in [2.24, 2.45) is 0 Å². The fourth-order valence-corrected chi connectivity index (χ4v) is 3.45. The number of anilines is 1. The molecule has 1 aliphatic heterocycles. The number of carbonyl (C=O) groups excluding carboxylic acids is 1. The summed E-state index contributed by atoms with van der Waals surface area (Å²) in [7, 11) is 0. The topological polar surface area (TPSA) is 107 Å². The maximum atomic E-state index is 12.9. The maximum absolute atomic E-state index is 12.9. The highest BCUT2D eigenvalue weighted by molar-refractivity contribution is 6.19. The zero-order valence-corrected chi connectivity index (χ0v) is 14.0. The normalized spacial score (nSPS) is 16.4. The molecule has 0 spiro atoms. The smallest absolute Gasteiger partial charge is 0.303 e. The molecule has 1 aliphatic rings. The Hall–Kier alpha value is -2.95. The van der Waals surface area contributed by atoms with Crippen molar-refractivity contribution in [3.63, 3.8) is 0 Å². The lowest BCUT2D eigenvalue weighted by molar-refractivity contribution is -0.386. The molecule has 12 heteroatoms. The summed E-state index contributed by atoms with van der Waals surface area (Å²) in [5, 5.41) is 22.4. The number of carbonyl (C=O) groups is 1. The van der Waals surface area contributed by atoms with Crippen molar-refractivity contribution in [3.8, 4) is 0 Å². The fraction of sp³-hybridized carbons (Fsp3) is 0.267. The van der Waals surface area contributed by atoms with Crippen LogP contribution in [0.5, 0.6) is 0 Å². The summed E-state index contributed by atoms with van der Waals surface area (Å²) < 4.78 is 38.7. The van der Waals surface area contributed by atoms with E-state index in [0.29, 0.717) is 4.90 Å². The van der Waals surface area contributed by atoms with Crippen molar-refractivity contribution in [1.29, 1.82) is 0 Å². The van der Waals surface area contributed by atoms with Crippen LogP contribution in [0.3, 0.4) is 0 Å². The number of rotatable bonds is 3. The second kappa shape index (κ2) is 6.34. The van der Waals surface area contributed by atoms with Gasteiger partial charge in [-0.05, 0) is 17.0 Å². The van der Waals surface area contributed by atoms with Crippen molar-refractivity contribution in [3.05, 3.63) is 50.1 Å². The molecule has 1 heterocycles. The molecule has 8 nitrogen and oxygen atoms in total. The van der Waals surface area contributed by atoms with Gasteiger partial charge in [0.05, 0.1) is 20.9 Å². The van der Waals surface area contributed by atoms with Crippen molar-refractivity contribution in [1.82, 2.24) is 0 Å². The maximum Gasteiger partial charge on any atom is 0.471 e. The molecular weight excluding hydrogens is 395 g/mol. The summed E-state index contributed by atoms with van der Waals surface area (Å²) in [6.45, 7) is -0.398. The van der Waals surface area contributed by atoms with Crippen molar-refractivity contribution < 1.29 is 27.8 Å². The van der Waals surface area contributed by atoms with Gasteiger partial charge in [-0.25, -0.2) is 0 Å². The van der Waals surface area contributed by atoms with Gasteiger partial charge < -0.3 is 4.90 Å². The van der Waals surface area contributed by atoms with Crippen LogP contribution in [-0.2, 0) is 4.79 Å². The highest BCUT2D eigenvalue weighted by atomic mass is 35.5. The third-order valence-electron chi connectivity index (χ3n) is 4.30. The molecule has 3 rings (SSSR count). The van der Waals surface area contributed by atoms with E-state index in [1.165, 1.54) is 6.07 Å². The fourth-order valence-electron chi connectivity index (χ4n) is 3.20. The molecule has 0 saturated carbocycles. The Morgan fingerprint density at radius 1 is 1.19 bits per heavy atom. The zero-order valence-electron chi connectivity index (χ0n) is 13.2. The zero-order chi connectivity index (χ0) is 20.1. The molecule has 0 N–H and O–H groups in total. The minimum atomic E-state index is -5.17. The number of nitro benzene ring substituents is 2. The first kappa shape index (κ1) is 18.8. The van der Waals surface area contributed by atoms with E-state index in [4.69, 9.17) is 11.6 Å². The Kier molecular flexibility index (Phi) is 4.42. The molecule has 0 aromatic heterocycles. The van der Waals surface area contributed by atoms with Crippen molar-refractivity contribution >= 4 is 45.3 Å². The van der Waals surface area contributed by atoms with E-state index in [2.05, 4.69) is 0 Å². The molecule has 0 saturated heterocycles. The first-order valence-corrected chi connectivity index (χ1v) is 7.93. The third kappa shape index (κ3) is 3.03. The first-order valence-electron chi connectivity index (χ1n) is 7.40. The molecule has 1 amide bonds. The van der Waals surface area contributed by atoms with E-state index in [9.17, 15) is 38.2 Å². The van der Waals surface area contributed by atoms with Gasteiger partial charge in [-0.15, -0.1) is 11.6 Å². The summed E-state index contributed by atoms with van der Waals surface area (Å²) in [4.78, 5) is 32.9. The molecule has 2 aromatic rings. The number of nitrogens with zero attached hydrogens (tertiary/aromatic N) is 3. The largest absolute Gasteiger partial charge is 0.471 e. The van der Waals surface area contributed by atoms with Gasteiger partial charge in [-0.1, -0.05) is 0 Å². The number of halogens is 4. The predicted octanol–water partition coefficient (Wildman–Crippen LogP) is 3.89. The lowest BCUT2D eigenvalue weighted by Gasteiger charge is -2.19. The Labute approximate surface area is 153 Å². The molecule has 0 bridgehead atoms. The van der Waals surface area contributed by atoms with Crippen LogP contribution in [0.25, 0.3) is 10.8 Å². The number of alkyl halides is 4. The van der Waals surface area contributed by atoms with Gasteiger partial charge in [0.1, 0.15) is 0 Å². The monoisotopic (exact) mass is 403 g/mol. The number of hydrogen-bond acceptors (Lipinski definition) is 5. The van der Waals surface area contributed by atoms with Crippen LogP contribution >= 0.6 is 11.6 Å². The number of hydrogen-bond donors (Lipinski definition) is 0. The van der Waals surface area contributed by atoms with Crippen LogP contribution in [0.1, 0.15) is 11.5 Å². The van der Waals surface area contributed by atoms with Crippen LogP contribution in [0, 0.1) is 20.2 Å². The number of fused-ring (bicyclic) bond motifs is 3. The second-order valence-electron chi connectivity index (χ2n) is 5.84. The number of nitro groups is 2. The molecule has 142 valence electrons. The minimum Gasteiger partial charge on any atom is -0.303 e. The molecule has 1 unspecified atom stereocenters. The SMILES string of the molecule is O=C(N1CC(CCl)c2c1cc([N+](=O)[O-])c1cc([N+](=O)[O-])ccc21)C(F)(F)F. The number of benzene rings is 2. The lowest BCUT2D eigenvalue weighted by atomic mass is 9.94.